The predicted octanol–water partition coefficient (Wildman–Crippen LogP) is 3.29. The molecule has 0 unspecified atom stereocenters. The summed E-state index contributed by atoms with van der Waals surface area (Å²) in [4.78, 5) is 39.2. The zero-order valence-corrected chi connectivity index (χ0v) is 15.8. The van der Waals surface area contributed by atoms with Crippen molar-refractivity contribution in [2.24, 2.45) is 0 Å². The normalized spacial score (nSPS) is 9.73. The number of carbonyl (C=O) groups is 3. The van der Waals surface area contributed by atoms with Gasteiger partial charge in [0.15, 0.2) is 5.69 Å². The fraction of sp³-hybridized carbons (Fsp3) is 0.0952. The van der Waals surface area contributed by atoms with Crippen molar-refractivity contribution in [3.63, 3.8) is 0 Å². The Morgan fingerprint density at radius 2 is 1.60 bits per heavy atom. The molecule has 4 N–H and O–H groups in total. The van der Waals surface area contributed by atoms with Gasteiger partial charge in [-0.05, 0) is 24.6 Å². The molecule has 9 heteroatoms. The summed E-state index contributed by atoms with van der Waals surface area (Å²) in [6, 6.07) is 14.7. The van der Waals surface area contributed by atoms with Crippen LogP contribution in [0.5, 0.6) is 0 Å². The van der Waals surface area contributed by atoms with Crippen molar-refractivity contribution >= 4 is 17.9 Å². The second kappa shape index (κ2) is 9.66. The number of nitrogens with zero attached hydrogens (tertiary/aromatic N) is 2. The standard InChI is InChI=1S/C12H11N3.C9H6O6/c1-2-10-11(8-13)15-12(14-10)9-6-4-3-5-7-9;10-7(11)4-1-2-5(8(12)13)6(3-4)9(14)15/h3-7H,2H2,1H3,(H,14,15);1-3H,(H,10,11)(H,12,13)(H,14,15). The Hall–Kier alpha value is -4.45. The van der Waals surface area contributed by atoms with E-state index in [1.165, 1.54) is 0 Å². The van der Waals surface area contributed by atoms with Crippen molar-refractivity contribution < 1.29 is 29.7 Å². The molecule has 3 rings (SSSR count). The summed E-state index contributed by atoms with van der Waals surface area (Å²) in [5.41, 5.74) is 1.16. The maximum absolute atomic E-state index is 10.6. The number of carboxylic acid groups (broad SMARTS) is 3. The van der Waals surface area contributed by atoms with E-state index in [9.17, 15) is 14.4 Å². The molecule has 2 aromatic carbocycles. The first kappa shape index (κ1) is 21.8. The third-order valence-electron chi connectivity index (χ3n) is 4.01. The number of aromatic nitrogens is 2. The minimum atomic E-state index is -1.48. The molecule has 152 valence electrons. The number of aromatic carboxylic acids is 3. The smallest absolute Gasteiger partial charge is 0.336 e. The lowest BCUT2D eigenvalue weighted by Gasteiger charge is -2.02. The monoisotopic (exact) mass is 407 g/mol. The van der Waals surface area contributed by atoms with Crippen molar-refractivity contribution in [3.8, 4) is 17.5 Å². The molecule has 3 aromatic rings. The summed E-state index contributed by atoms with van der Waals surface area (Å²) in [5.74, 6) is -3.43. The molecule has 0 amide bonds. The molecule has 0 fully saturated rings. The van der Waals surface area contributed by atoms with E-state index in [4.69, 9.17) is 20.6 Å². The van der Waals surface area contributed by atoms with Crippen LogP contribution < -0.4 is 0 Å². The molecule has 0 aliphatic heterocycles. The molecule has 9 nitrogen and oxygen atoms in total. The number of benzene rings is 2. The van der Waals surface area contributed by atoms with Crippen LogP contribution in [0.15, 0.2) is 48.5 Å². The predicted molar refractivity (Wildman–Crippen MR) is 105 cm³/mol. The fourth-order valence-electron chi connectivity index (χ4n) is 2.53. The molecule has 0 radical (unpaired) electrons. The van der Waals surface area contributed by atoms with Crippen molar-refractivity contribution in [1.82, 2.24) is 9.97 Å². The highest BCUT2D eigenvalue weighted by atomic mass is 16.4. The SMILES string of the molecule is CCc1[nH]c(-c2ccccc2)nc1C#N.O=C(O)c1ccc(C(=O)O)c(C(=O)O)c1. The third kappa shape index (κ3) is 5.08. The number of carboxylic acids is 3. The molecule has 1 heterocycles. The largest absolute Gasteiger partial charge is 0.478 e. The number of hydrogen-bond acceptors (Lipinski definition) is 5. The van der Waals surface area contributed by atoms with Gasteiger partial charge in [-0.3, -0.25) is 0 Å². The highest BCUT2D eigenvalue weighted by Gasteiger charge is 2.18. The second-order valence-electron chi connectivity index (χ2n) is 5.92. The van der Waals surface area contributed by atoms with Crippen LogP contribution in [0.25, 0.3) is 11.4 Å². The van der Waals surface area contributed by atoms with Crippen molar-refractivity contribution in [2.45, 2.75) is 13.3 Å². The van der Waals surface area contributed by atoms with Gasteiger partial charge in [0.2, 0.25) is 0 Å². The van der Waals surface area contributed by atoms with E-state index in [0.717, 1.165) is 41.7 Å². The Balaban J connectivity index is 0.000000214. The first-order chi connectivity index (χ1) is 14.3. The van der Waals surface area contributed by atoms with Crippen LogP contribution in [-0.4, -0.2) is 43.2 Å². The Morgan fingerprint density at radius 3 is 2.07 bits per heavy atom. The summed E-state index contributed by atoms with van der Waals surface area (Å²) in [7, 11) is 0. The molecule has 0 bridgehead atoms. The molecular weight excluding hydrogens is 390 g/mol. The lowest BCUT2D eigenvalue weighted by Crippen LogP contribution is -2.10. The number of H-pyrrole nitrogens is 1. The maximum atomic E-state index is 10.6. The van der Waals surface area contributed by atoms with Gasteiger partial charge in [0.1, 0.15) is 11.9 Å². The minimum absolute atomic E-state index is 0.266. The second-order valence-corrected chi connectivity index (χ2v) is 5.92. The number of nitrogens with one attached hydrogen (secondary N) is 1. The summed E-state index contributed by atoms with van der Waals surface area (Å²) >= 11 is 0. The minimum Gasteiger partial charge on any atom is -0.478 e. The van der Waals surface area contributed by atoms with Gasteiger partial charge in [-0.2, -0.15) is 5.26 Å². The van der Waals surface area contributed by atoms with Gasteiger partial charge in [-0.25, -0.2) is 19.4 Å². The lowest BCUT2D eigenvalue weighted by molar-refractivity contribution is 0.0649. The van der Waals surface area contributed by atoms with E-state index in [2.05, 4.69) is 16.0 Å². The van der Waals surface area contributed by atoms with Crippen LogP contribution in [0.1, 0.15) is 49.4 Å². The summed E-state index contributed by atoms with van der Waals surface area (Å²) in [5, 5.41) is 34.8. The Morgan fingerprint density at radius 1 is 0.967 bits per heavy atom. The van der Waals surface area contributed by atoms with E-state index in [1.807, 2.05) is 37.3 Å². The quantitative estimate of drug-likeness (QED) is 0.500. The highest BCUT2D eigenvalue weighted by Crippen LogP contribution is 2.17. The van der Waals surface area contributed by atoms with Gasteiger partial charge < -0.3 is 20.3 Å². The third-order valence-corrected chi connectivity index (χ3v) is 4.01. The first-order valence-electron chi connectivity index (χ1n) is 8.66. The molecule has 0 saturated carbocycles. The van der Waals surface area contributed by atoms with Gasteiger partial charge in [0.25, 0.3) is 0 Å². The topological polar surface area (TPSA) is 164 Å². The molecule has 30 heavy (non-hydrogen) atoms. The van der Waals surface area contributed by atoms with Crippen molar-refractivity contribution in [1.29, 1.82) is 5.26 Å². The van der Waals surface area contributed by atoms with Gasteiger partial charge in [-0.15, -0.1) is 0 Å². The molecule has 0 aliphatic rings. The average Bonchev–Trinajstić information content (AvgIpc) is 3.17. The van der Waals surface area contributed by atoms with Crippen LogP contribution in [0.3, 0.4) is 0 Å². The molecule has 1 aromatic heterocycles. The van der Waals surface area contributed by atoms with Crippen LogP contribution in [-0.2, 0) is 6.42 Å². The van der Waals surface area contributed by atoms with Crippen LogP contribution in [0.4, 0.5) is 0 Å². The summed E-state index contributed by atoms with van der Waals surface area (Å²) in [6.07, 6.45) is 0.794. The van der Waals surface area contributed by atoms with Crippen LogP contribution in [0.2, 0.25) is 0 Å². The number of hydrogen-bond donors (Lipinski definition) is 4. The van der Waals surface area contributed by atoms with E-state index >= 15 is 0 Å². The van der Waals surface area contributed by atoms with Crippen LogP contribution >= 0.6 is 0 Å². The summed E-state index contributed by atoms with van der Waals surface area (Å²) < 4.78 is 0. The van der Waals surface area contributed by atoms with Crippen molar-refractivity contribution in [2.75, 3.05) is 0 Å². The molecular formula is C21H17N3O6. The van der Waals surface area contributed by atoms with E-state index in [-0.39, 0.29) is 5.56 Å². The number of rotatable bonds is 5. The number of aryl methyl sites for hydroxylation is 1. The summed E-state index contributed by atoms with van der Waals surface area (Å²) in [6.45, 7) is 2.00. The average molecular weight is 407 g/mol. The van der Waals surface area contributed by atoms with E-state index in [0.29, 0.717) is 5.69 Å². The molecule has 0 spiro atoms. The zero-order chi connectivity index (χ0) is 22.3. The first-order valence-corrected chi connectivity index (χ1v) is 8.66. The molecule has 0 aliphatic carbocycles. The van der Waals surface area contributed by atoms with Gasteiger partial charge in [-0.1, -0.05) is 37.3 Å². The lowest BCUT2D eigenvalue weighted by atomic mass is 10.0. The fourth-order valence-corrected chi connectivity index (χ4v) is 2.53. The van der Waals surface area contributed by atoms with E-state index < -0.39 is 29.0 Å². The molecule has 0 atom stereocenters. The van der Waals surface area contributed by atoms with E-state index in [1.54, 1.807) is 0 Å². The Kier molecular flexibility index (Phi) is 7.03. The van der Waals surface area contributed by atoms with Gasteiger partial charge in [0.05, 0.1) is 22.4 Å². The maximum Gasteiger partial charge on any atom is 0.336 e. The zero-order valence-electron chi connectivity index (χ0n) is 15.8. The van der Waals surface area contributed by atoms with Crippen molar-refractivity contribution in [3.05, 3.63) is 76.6 Å². The number of imidazole rings is 1. The Labute approximate surface area is 170 Å². The van der Waals surface area contributed by atoms with Crippen LogP contribution in [0, 0.1) is 11.3 Å². The number of aromatic amines is 1. The molecule has 0 saturated heterocycles. The van der Waals surface area contributed by atoms with Gasteiger partial charge in [0, 0.05) is 5.56 Å². The number of nitriles is 1. The van der Waals surface area contributed by atoms with Gasteiger partial charge >= 0.3 is 17.9 Å². The Bertz CT molecular complexity index is 1130. The highest BCUT2D eigenvalue weighted by molar-refractivity contribution is 6.03.